The molecule has 0 fully saturated rings. The molecule has 0 radical (unpaired) electrons. The van der Waals surface area contributed by atoms with Crippen LogP contribution in [0.1, 0.15) is 22.8 Å². The molecule has 0 aliphatic heterocycles. The van der Waals surface area contributed by atoms with Gasteiger partial charge < -0.3 is 9.15 Å². The average molecular weight is 487 g/mol. The summed E-state index contributed by atoms with van der Waals surface area (Å²) >= 11 is 12.6. The summed E-state index contributed by atoms with van der Waals surface area (Å²) in [6.45, 7) is 2.00. The van der Waals surface area contributed by atoms with E-state index in [1.165, 1.54) is 0 Å². The molecule has 0 aliphatic rings. The van der Waals surface area contributed by atoms with Crippen LogP contribution in [-0.2, 0) is 0 Å². The molecule has 0 spiro atoms. The second-order valence-electron chi connectivity index (χ2n) is 8.04. The molecule has 0 unspecified atom stereocenters. The Morgan fingerprint density at radius 3 is 1.97 bits per heavy atom. The summed E-state index contributed by atoms with van der Waals surface area (Å²) in [6.07, 6.45) is -0.526. The standard InChI is InChI=1S/C29H20Cl2O3/c1-18-12-14-21(15-13-18)27-29(25(32)23-16-22(30)17-24(31)28(23)34-27)33-26(19-8-4-2-5-9-19)20-10-6-3-7-11-20/h2-17,26H,1H3. The minimum absolute atomic E-state index is 0.104. The van der Waals surface area contributed by atoms with E-state index >= 15 is 0 Å². The lowest BCUT2D eigenvalue weighted by atomic mass is 10.0. The second-order valence-corrected chi connectivity index (χ2v) is 8.88. The summed E-state index contributed by atoms with van der Waals surface area (Å²) in [7, 11) is 0. The molecule has 5 aromatic rings. The zero-order valence-electron chi connectivity index (χ0n) is 18.3. The zero-order chi connectivity index (χ0) is 23.7. The molecule has 1 heterocycles. The first-order valence-corrected chi connectivity index (χ1v) is 11.6. The number of fused-ring (bicyclic) bond motifs is 1. The average Bonchev–Trinajstić information content (AvgIpc) is 2.85. The van der Waals surface area contributed by atoms with Crippen molar-refractivity contribution >= 4 is 34.2 Å². The summed E-state index contributed by atoms with van der Waals surface area (Å²) in [4.78, 5) is 13.8. The Kier molecular flexibility index (Phi) is 6.14. The summed E-state index contributed by atoms with van der Waals surface area (Å²) in [5, 5.41) is 0.881. The van der Waals surface area contributed by atoms with Crippen molar-refractivity contribution in [3.8, 4) is 17.1 Å². The summed E-state index contributed by atoms with van der Waals surface area (Å²) in [5.74, 6) is 0.422. The van der Waals surface area contributed by atoms with Crippen LogP contribution in [0.15, 0.2) is 106 Å². The van der Waals surface area contributed by atoms with Crippen molar-refractivity contribution < 1.29 is 9.15 Å². The van der Waals surface area contributed by atoms with Gasteiger partial charge >= 0.3 is 0 Å². The normalized spacial score (nSPS) is 11.2. The van der Waals surface area contributed by atoms with Gasteiger partial charge in [0.2, 0.25) is 11.2 Å². The van der Waals surface area contributed by atoms with Gasteiger partial charge in [0.1, 0.15) is 6.10 Å². The van der Waals surface area contributed by atoms with Crippen LogP contribution in [0.5, 0.6) is 5.75 Å². The maximum absolute atomic E-state index is 13.8. The van der Waals surface area contributed by atoms with E-state index in [0.29, 0.717) is 16.3 Å². The van der Waals surface area contributed by atoms with Crippen molar-refractivity contribution in [3.63, 3.8) is 0 Å². The molecule has 34 heavy (non-hydrogen) atoms. The molecular weight excluding hydrogens is 467 g/mol. The smallest absolute Gasteiger partial charge is 0.235 e. The van der Waals surface area contributed by atoms with Crippen LogP contribution in [0.3, 0.4) is 0 Å². The number of aryl methyl sites for hydroxylation is 1. The quantitative estimate of drug-likeness (QED) is 0.251. The van der Waals surface area contributed by atoms with Crippen LogP contribution >= 0.6 is 23.2 Å². The fourth-order valence-corrected chi connectivity index (χ4v) is 4.44. The molecule has 0 amide bonds. The first-order chi connectivity index (χ1) is 16.5. The van der Waals surface area contributed by atoms with E-state index in [2.05, 4.69) is 0 Å². The lowest BCUT2D eigenvalue weighted by Gasteiger charge is -2.21. The van der Waals surface area contributed by atoms with E-state index in [1.807, 2.05) is 91.9 Å². The maximum Gasteiger partial charge on any atom is 0.235 e. The molecule has 0 bridgehead atoms. The van der Waals surface area contributed by atoms with Gasteiger partial charge in [-0.2, -0.15) is 0 Å². The number of halogens is 2. The summed E-state index contributed by atoms with van der Waals surface area (Å²) in [6, 6.07) is 30.4. The van der Waals surface area contributed by atoms with Gasteiger partial charge in [0.25, 0.3) is 0 Å². The predicted octanol–water partition coefficient (Wildman–Crippen LogP) is 8.24. The largest absolute Gasteiger partial charge is 0.473 e. The highest BCUT2D eigenvalue weighted by molar-refractivity contribution is 6.38. The maximum atomic E-state index is 13.8. The molecule has 0 saturated carbocycles. The van der Waals surface area contributed by atoms with Crippen molar-refractivity contribution in [2.45, 2.75) is 13.0 Å². The van der Waals surface area contributed by atoms with E-state index in [1.54, 1.807) is 12.1 Å². The van der Waals surface area contributed by atoms with Gasteiger partial charge in [-0.15, -0.1) is 0 Å². The molecule has 1 aromatic heterocycles. The fourth-order valence-electron chi connectivity index (χ4n) is 3.91. The fraction of sp³-hybridized carbons (Fsp3) is 0.0690. The van der Waals surface area contributed by atoms with E-state index in [4.69, 9.17) is 32.4 Å². The van der Waals surface area contributed by atoms with Gasteiger partial charge in [-0.3, -0.25) is 4.79 Å². The topological polar surface area (TPSA) is 39.4 Å². The first-order valence-electron chi connectivity index (χ1n) is 10.8. The Morgan fingerprint density at radius 1 is 0.794 bits per heavy atom. The van der Waals surface area contributed by atoms with Gasteiger partial charge in [-0.25, -0.2) is 0 Å². The highest BCUT2D eigenvalue weighted by atomic mass is 35.5. The number of hydrogen-bond acceptors (Lipinski definition) is 3. The molecule has 5 heteroatoms. The van der Waals surface area contributed by atoms with Gasteiger partial charge in [0.05, 0.1) is 10.4 Å². The molecule has 0 saturated heterocycles. The van der Waals surface area contributed by atoms with Crippen LogP contribution in [0.2, 0.25) is 10.0 Å². The van der Waals surface area contributed by atoms with Gasteiger partial charge in [-0.05, 0) is 30.2 Å². The Balaban J connectivity index is 1.77. The number of ether oxygens (including phenoxy) is 1. The number of benzene rings is 4. The minimum Gasteiger partial charge on any atom is -0.473 e. The lowest BCUT2D eigenvalue weighted by molar-refractivity contribution is 0.241. The van der Waals surface area contributed by atoms with Crippen LogP contribution in [0.25, 0.3) is 22.3 Å². The summed E-state index contributed by atoms with van der Waals surface area (Å²) in [5.41, 5.74) is 3.56. The Hall–Kier alpha value is -3.53. The van der Waals surface area contributed by atoms with Crippen LogP contribution < -0.4 is 10.2 Å². The van der Waals surface area contributed by atoms with E-state index < -0.39 is 6.10 Å². The molecule has 4 aromatic carbocycles. The predicted molar refractivity (Wildman–Crippen MR) is 138 cm³/mol. The zero-order valence-corrected chi connectivity index (χ0v) is 19.8. The molecule has 5 rings (SSSR count). The van der Waals surface area contributed by atoms with Crippen LogP contribution in [0.4, 0.5) is 0 Å². The van der Waals surface area contributed by atoms with Crippen LogP contribution in [0, 0.1) is 6.92 Å². The Morgan fingerprint density at radius 2 is 1.38 bits per heavy atom. The Bertz CT molecular complexity index is 1470. The first kappa shape index (κ1) is 22.3. The second kappa shape index (κ2) is 9.38. The minimum atomic E-state index is -0.526. The molecule has 168 valence electrons. The monoisotopic (exact) mass is 486 g/mol. The molecule has 3 nitrogen and oxygen atoms in total. The van der Waals surface area contributed by atoms with Gasteiger partial charge in [-0.1, -0.05) is 114 Å². The third kappa shape index (κ3) is 4.33. The van der Waals surface area contributed by atoms with Gasteiger partial charge in [0.15, 0.2) is 11.3 Å². The van der Waals surface area contributed by atoms with Crippen molar-refractivity contribution in [2.75, 3.05) is 0 Å². The van der Waals surface area contributed by atoms with E-state index in [0.717, 1.165) is 16.7 Å². The van der Waals surface area contributed by atoms with Crippen LogP contribution in [-0.4, -0.2) is 0 Å². The highest BCUT2D eigenvalue weighted by Gasteiger charge is 2.24. The van der Waals surface area contributed by atoms with E-state index in [-0.39, 0.29) is 27.2 Å². The van der Waals surface area contributed by atoms with Crippen molar-refractivity contribution in [3.05, 3.63) is 134 Å². The highest BCUT2D eigenvalue weighted by Crippen LogP contribution is 2.38. The summed E-state index contributed by atoms with van der Waals surface area (Å²) < 4.78 is 12.8. The molecule has 0 atom stereocenters. The van der Waals surface area contributed by atoms with Crippen molar-refractivity contribution in [1.82, 2.24) is 0 Å². The number of rotatable bonds is 5. The van der Waals surface area contributed by atoms with Crippen molar-refractivity contribution in [2.24, 2.45) is 0 Å². The Labute approximate surface area is 207 Å². The third-order valence-electron chi connectivity index (χ3n) is 5.62. The van der Waals surface area contributed by atoms with E-state index in [9.17, 15) is 4.79 Å². The third-order valence-corrected chi connectivity index (χ3v) is 6.12. The molecule has 0 N–H and O–H groups in total. The molecular formula is C29H20Cl2O3. The molecule has 0 aliphatic carbocycles. The van der Waals surface area contributed by atoms with Gasteiger partial charge in [0, 0.05) is 10.6 Å². The lowest BCUT2D eigenvalue weighted by Crippen LogP contribution is -2.16. The SMILES string of the molecule is Cc1ccc(-c2oc3c(Cl)cc(Cl)cc3c(=O)c2OC(c2ccccc2)c2ccccc2)cc1. The van der Waals surface area contributed by atoms with Crippen molar-refractivity contribution in [1.29, 1.82) is 0 Å². The number of hydrogen-bond donors (Lipinski definition) is 0.